The fraction of sp³-hybridized carbons (Fsp3) is 0.100. The monoisotopic (exact) mass is 191 g/mol. The molecule has 13 heavy (non-hydrogen) atoms. The topological polar surface area (TPSA) is 33.1 Å². The second-order valence-corrected chi connectivity index (χ2v) is 3.45. The Balaban J connectivity index is 2.33. The molecule has 0 fully saturated rings. The van der Waals surface area contributed by atoms with Crippen LogP contribution in [-0.2, 0) is 6.61 Å². The molecule has 0 saturated heterocycles. The van der Waals surface area contributed by atoms with E-state index in [1.165, 1.54) is 0 Å². The fourth-order valence-corrected chi connectivity index (χ4v) is 1.70. The van der Waals surface area contributed by atoms with Gasteiger partial charge in [-0.25, -0.2) is 4.98 Å². The number of hydrogen-bond acceptors (Lipinski definition) is 3. The van der Waals surface area contributed by atoms with E-state index in [-0.39, 0.29) is 6.61 Å². The Morgan fingerprint density at radius 3 is 2.54 bits per heavy atom. The summed E-state index contributed by atoms with van der Waals surface area (Å²) in [6.07, 6.45) is 0. The summed E-state index contributed by atoms with van der Waals surface area (Å²) >= 11 is 1.58. The van der Waals surface area contributed by atoms with Crippen molar-refractivity contribution in [3.05, 3.63) is 40.7 Å². The molecule has 66 valence electrons. The molecular formula is C10H9NOS. The highest BCUT2D eigenvalue weighted by atomic mass is 32.1. The molecule has 0 spiro atoms. The second-order valence-electron chi connectivity index (χ2n) is 2.73. The molecule has 2 nitrogen and oxygen atoms in total. The molecule has 0 aliphatic rings. The molecule has 1 aromatic heterocycles. The van der Waals surface area contributed by atoms with Crippen molar-refractivity contribution in [3.8, 4) is 11.3 Å². The lowest BCUT2D eigenvalue weighted by atomic mass is 10.1. The Morgan fingerprint density at radius 1 is 1.23 bits per heavy atom. The molecule has 1 aromatic carbocycles. The number of thiazole rings is 1. The number of nitrogens with zero attached hydrogens (tertiary/aromatic N) is 1. The van der Waals surface area contributed by atoms with Gasteiger partial charge in [-0.2, -0.15) is 0 Å². The van der Waals surface area contributed by atoms with Crippen LogP contribution in [0.2, 0.25) is 0 Å². The molecule has 1 N–H and O–H groups in total. The van der Waals surface area contributed by atoms with Crippen LogP contribution in [-0.4, -0.2) is 10.1 Å². The Morgan fingerprint density at radius 2 is 2.00 bits per heavy atom. The zero-order chi connectivity index (χ0) is 9.10. The first-order chi connectivity index (χ1) is 6.40. The van der Waals surface area contributed by atoms with Crippen LogP contribution in [0.3, 0.4) is 0 Å². The van der Waals surface area contributed by atoms with Gasteiger partial charge in [0, 0.05) is 10.9 Å². The van der Waals surface area contributed by atoms with Crippen LogP contribution in [0.15, 0.2) is 35.2 Å². The van der Waals surface area contributed by atoms with Crippen molar-refractivity contribution >= 4 is 11.3 Å². The lowest BCUT2D eigenvalue weighted by Gasteiger charge is -1.98. The minimum atomic E-state index is 0.0946. The number of aliphatic hydroxyl groups excluding tert-OH is 1. The Kier molecular flexibility index (Phi) is 2.38. The highest BCUT2D eigenvalue weighted by Gasteiger charge is 1.98. The predicted molar refractivity (Wildman–Crippen MR) is 53.5 cm³/mol. The van der Waals surface area contributed by atoms with Crippen molar-refractivity contribution in [1.29, 1.82) is 0 Å². The summed E-state index contributed by atoms with van der Waals surface area (Å²) in [5.74, 6) is 0. The van der Waals surface area contributed by atoms with Crippen LogP contribution in [0.5, 0.6) is 0 Å². The first kappa shape index (κ1) is 8.41. The first-order valence-electron chi connectivity index (χ1n) is 3.98. The van der Waals surface area contributed by atoms with Crippen molar-refractivity contribution in [1.82, 2.24) is 4.98 Å². The molecular weight excluding hydrogens is 182 g/mol. The van der Waals surface area contributed by atoms with E-state index in [9.17, 15) is 0 Å². The first-order valence-corrected chi connectivity index (χ1v) is 4.93. The summed E-state index contributed by atoms with van der Waals surface area (Å²) in [6.45, 7) is 0.0946. The molecule has 2 rings (SSSR count). The summed E-state index contributed by atoms with van der Waals surface area (Å²) in [5.41, 5.74) is 4.84. The Labute approximate surface area is 80.5 Å². The highest BCUT2D eigenvalue weighted by molar-refractivity contribution is 7.07. The quantitative estimate of drug-likeness (QED) is 0.790. The van der Waals surface area contributed by atoms with E-state index in [0.717, 1.165) is 16.8 Å². The average molecular weight is 191 g/mol. The fourth-order valence-electron chi connectivity index (χ4n) is 1.14. The van der Waals surface area contributed by atoms with Crippen LogP contribution >= 0.6 is 11.3 Å². The lowest BCUT2D eigenvalue weighted by molar-refractivity contribution is 0.282. The number of aromatic nitrogens is 1. The molecule has 3 heteroatoms. The predicted octanol–water partition coefficient (Wildman–Crippen LogP) is 2.30. The number of aliphatic hydroxyl groups is 1. The van der Waals surface area contributed by atoms with Crippen molar-refractivity contribution in [2.75, 3.05) is 0 Å². The summed E-state index contributed by atoms with van der Waals surface area (Å²) in [7, 11) is 0. The molecule has 2 aromatic rings. The maximum Gasteiger partial charge on any atom is 0.0811 e. The van der Waals surface area contributed by atoms with E-state index in [2.05, 4.69) is 4.98 Å². The third-order valence-corrected chi connectivity index (χ3v) is 2.45. The van der Waals surface area contributed by atoms with Crippen molar-refractivity contribution in [2.45, 2.75) is 6.61 Å². The summed E-state index contributed by atoms with van der Waals surface area (Å²) < 4.78 is 0. The third kappa shape index (κ3) is 1.76. The normalized spacial score (nSPS) is 10.2. The van der Waals surface area contributed by atoms with Gasteiger partial charge in [-0.1, -0.05) is 24.3 Å². The highest BCUT2D eigenvalue weighted by Crippen LogP contribution is 2.19. The van der Waals surface area contributed by atoms with Crippen LogP contribution in [0, 0.1) is 0 Å². The third-order valence-electron chi connectivity index (χ3n) is 1.86. The summed E-state index contributed by atoms with van der Waals surface area (Å²) in [5, 5.41) is 10.9. The summed E-state index contributed by atoms with van der Waals surface area (Å²) in [6, 6.07) is 7.77. The van der Waals surface area contributed by atoms with E-state index in [0.29, 0.717) is 0 Å². The maximum atomic E-state index is 8.85. The summed E-state index contributed by atoms with van der Waals surface area (Å²) in [4.78, 5) is 4.20. The van der Waals surface area contributed by atoms with E-state index in [4.69, 9.17) is 5.11 Å². The smallest absolute Gasteiger partial charge is 0.0811 e. The molecule has 0 amide bonds. The number of rotatable bonds is 2. The standard InChI is InChI=1S/C10H9NOS/c12-5-8-1-3-9(4-2-8)10-6-13-7-11-10/h1-4,6-7,12H,5H2. The van der Waals surface area contributed by atoms with E-state index in [1.807, 2.05) is 35.2 Å². The number of hydrogen-bond donors (Lipinski definition) is 1. The van der Waals surface area contributed by atoms with Crippen molar-refractivity contribution < 1.29 is 5.11 Å². The molecule has 0 aliphatic carbocycles. The van der Waals surface area contributed by atoms with Gasteiger partial charge < -0.3 is 5.11 Å². The van der Waals surface area contributed by atoms with Gasteiger partial charge in [0.1, 0.15) is 0 Å². The van der Waals surface area contributed by atoms with Crippen molar-refractivity contribution in [3.63, 3.8) is 0 Å². The zero-order valence-corrected chi connectivity index (χ0v) is 7.79. The average Bonchev–Trinajstić information content (AvgIpc) is 2.71. The van der Waals surface area contributed by atoms with Crippen LogP contribution in [0.1, 0.15) is 5.56 Å². The van der Waals surface area contributed by atoms with Crippen LogP contribution in [0.25, 0.3) is 11.3 Å². The van der Waals surface area contributed by atoms with Crippen LogP contribution in [0.4, 0.5) is 0 Å². The van der Waals surface area contributed by atoms with Gasteiger partial charge in [-0.15, -0.1) is 11.3 Å². The molecule has 0 bridgehead atoms. The molecule has 0 aliphatic heterocycles. The Bertz CT molecular complexity index is 366. The van der Waals surface area contributed by atoms with Crippen LogP contribution < -0.4 is 0 Å². The van der Waals surface area contributed by atoms with Gasteiger partial charge in [0.25, 0.3) is 0 Å². The SMILES string of the molecule is OCc1ccc(-c2cscn2)cc1. The van der Waals surface area contributed by atoms with Gasteiger partial charge in [0.15, 0.2) is 0 Å². The van der Waals surface area contributed by atoms with E-state index >= 15 is 0 Å². The van der Waals surface area contributed by atoms with E-state index in [1.54, 1.807) is 11.3 Å². The molecule has 0 saturated carbocycles. The molecule has 0 unspecified atom stereocenters. The van der Waals surface area contributed by atoms with Gasteiger partial charge in [0.2, 0.25) is 0 Å². The Hall–Kier alpha value is -1.19. The molecule has 1 heterocycles. The maximum absolute atomic E-state index is 8.85. The number of benzene rings is 1. The second kappa shape index (κ2) is 3.68. The van der Waals surface area contributed by atoms with E-state index < -0.39 is 0 Å². The minimum Gasteiger partial charge on any atom is -0.392 e. The van der Waals surface area contributed by atoms with Crippen molar-refractivity contribution in [2.24, 2.45) is 0 Å². The molecule has 0 radical (unpaired) electrons. The van der Waals surface area contributed by atoms with Gasteiger partial charge in [-0.3, -0.25) is 0 Å². The van der Waals surface area contributed by atoms with Gasteiger partial charge in [-0.05, 0) is 5.56 Å². The van der Waals surface area contributed by atoms with Gasteiger partial charge in [0.05, 0.1) is 17.8 Å². The van der Waals surface area contributed by atoms with Gasteiger partial charge >= 0.3 is 0 Å². The lowest BCUT2D eigenvalue weighted by Crippen LogP contribution is -1.82. The zero-order valence-electron chi connectivity index (χ0n) is 6.97. The molecule has 0 atom stereocenters. The largest absolute Gasteiger partial charge is 0.392 e. The minimum absolute atomic E-state index is 0.0946.